The van der Waals surface area contributed by atoms with Gasteiger partial charge in [-0.3, -0.25) is 9.59 Å². The number of hydrogen-bond donors (Lipinski definition) is 0. The van der Waals surface area contributed by atoms with Crippen LogP contribution in [0.1, 0.15) is 11.3 Å². The van der Waals surface area contributed by atoms with Crippen LogP contribution in [-0.4, -0.2) is 36.1 Å². The van der Waals surface area contributed by atoms with Gasteiger partial charge in [-0.15, -0.1) is 0 Å². The highest BCUT2D eigenvalue weighted by atomic mass is 79.9. The number of halogens is 2. The molecule has 1 heterocycles. The van der Waals surface area contributed by atoms with Crippen molar-refractivity contribution in [3.63, 3.8) is 0 Å². The van der Waals surface area contributed by atoms with Gasteiger partial charge in [0.2, 0.25) is 0 Å². The molecule has 0 saturated heterocycles. The first kappa shape index (κ1) is 18.2. The number of amides is 1. The summed E-state index contributed by atoms with van der Waals surface area (Å²) in [4.78, 5) is 25.2. The molecule has 128 valence electrons. The number of aryl methyl sites for hydroxylation is 1. The van der Waals surface area contributed by atoms with Crippen molar-refractivity contribution in [2.45, 2.75) is 13.5 Å². The van der Waals surface area contributed by atoms with Crippen molar-refractivity contribution < 1.29 is 13.9 Å². The van der Waals surface area contributed by atoms with Crippen molar-refractivity contribution >= 4 is 21.8 Å². The fourth-order valence-corrected chi connectivity index (χ4v) is 2.33. The third kappa shape index (κ3) is 4.44. The van der Waals surface area contributed by atoms with E-state index in [1.54, 1.807) is 39.2 Å². The first-order valence-corrected chi connectivity index (χ1v) is 8.05. The van der Waals surface area contributed by atoms with Crippen molar-refractivity contribution in [1.82, 2.24) is 9.47 Å². The van der Waals surface area contributed by atoms with Gasteiger partial charge >= 0.3 is 0 Å². The highest BCUT2D eigenvalue weighted by Crippen LogP contribution is 2.18. The van der Waals surface area contributed by atoms with E-state index in [1.807, 2.05) is 0 Å². The largest absolute Gasteiger partial charge is 0.484 e. The average molecular weight is 397 g/mol. The molecular weight excluding hydrogens is 379 g/mol. The molecule has 0 unspecified atom stereocenters. The van der Waals surface area contributed by atoms with E-state index >= 15 is 0 Å². The van der Waals surface area contributed by atoms with Gasteiger partial charge in [0.15, 0.2) is 6.61 Å². The van der Waals surface area contributed by atoms with E-state index < -0.39 is 0 Å². The number of likely N-dealkylation sites (N-methyl/N-ethyl adjacent to an activating group) is 1. The van der Waals surface area contributed by atoms with Gasteiger partial charge in [-0.1, -0.05) is 6.07 Å². The number of rotatable bonds is 5. The molecule has 2 aromatic rings. The number of nitrogens with zero attached hydrogens (tertiary/aromatic N) is 2. The van der Waals surface area contributed by atoms with Crippen LogP contribution in [0.3, 0.4) is 0 Å². The van der Waals surface area contributed by atoms with Crippen LogP contribution in [0.15, 0.2) is 39.6 Å². The van der Waals surface area contributed by atoms with Gasteiger partial charge in [0.1, 0.15) is 11.6 Å². The van der Waals surface area contributed by atoms with E-state index in [-0.39, 0.29) is 30.4 Å². The first-order chi connectivity index (χ1) is 11.3. The lowest BCUT2D eigenvalue weighted by molar-refractivity contribution is -0.130. The molecule has 0 saturated carbocycles. The quantitative estimate of drug-likeness (QED) is 0.780. The Labute approximate surface area is 147 Å². The van der Waals surface area contributed by atoms with Gasteiger partial charge in [-0.25, -0.2) is 4.39 Å². The van der Waals surface area contributed by atoms with Crippen molar-refractivity contribution in [2.75, 3.05) is 20.7 Å². The summed E-state index contributed by atoms with van der Waals surface area (Å²) in [5, 5.41) is 0. The summed E-state index contributed by atoms with van der Waals surface area (Å²) in [6.07, 6.45) is 0. The van der Waals surface area contributed by atoms with Crippen LogP contribution in [-0.2, 0) is 11.3 Å². The molecule has 0 N–H and O–H groups in total. The van der Waals surface area contributed by atoms with Crippen molar-refractivity contribution in [3.8, 4) is 5.75 Å². The number of carbonyl (C=O) groups is 1. The van der Waals surface area contributed by atoms with E-state index in [4.69, 9.17) is 4.74 Å². The minimum Gasteiger partial charge on any atom is -0.484 e. The van der Waals surface area contributed by atoms with Crippen LogP contribution >= 0.6 is 15.9 Å². The van der Waals surface area contributed by atoms with Crippen LogP contribution in [0.4, 0.5) is 4.39 Å². The predicted molar refractivity (Wildman–Crippen MR) is 92.8 cm³/mol. The Morgan fingerprint density at radius 1 is 1.29 bits per heavy atom. The summed E-state index contributed by atoms with van der Waals surface area (Å²) >= 11 is 3.10. The normalized spacial score (nSPS) is 10.5. The minimum atomic E-state index is -0.375. The van der Waals surface area contributed by atoms with Gasteiger partial charge in [-0.2, -0.15) is 0 Å². The van der Waals surface area contributed by atoms with Crippen molar-refractivity contribution in [3.05, 3.63) is 62.2 Å². The molecule has 0 fully saturated rings. The molecule has 0 atom stereocenters. The second-order valence-electron chi connectivity index (χ2n) is 5.58. The Bertz CT molecular complexity index is 818. The minimum absolute atomic E-state index is 0.131. The number of hydrogen-bond acceptors (Lipinski definition) is 3. The highest BCUT2D eigenvalue weighted by molar-refractivity contribution is 9.10. The summed E-state index contributed by atoms with van der Waals surface area (Å²) in [6.45, 7) is 1.89. The zero-order chi connectivity index (χ0) is 17.9. The Morgan fingerprint density at radius 3 is 2.58 bits per heavy atom. The number of carbonyl (C=O) groups excluding carboxylic acids is 1. The van der Waals surface area contributed by atoms with Crippen LogP contribution in [0, 0.1) is 12.7 Å². The zero-order valence-electron chi connectivity index (χ0n) is 13.7. The van der Waals surface area contributed by atoms with Crippen LogP contribution in [0.25, 0.3) is 0 Å². The summed E-state index contributed by atoms with van der Waals surface area (Å²) in [5.41, 5.74) is 1.07. The smallest absolute Gasteiger partial charge is 0.259 e. The Kier molecular flexibility index (Phi) is 5.77. The van der Waals surface area contributed by atoms with Crippen molar-refractivity contribution in [1.29, 1.82) is 0 Å². The third-order valence-electron chi connectivity index (χ3n) is 3.49. The molecule has 1 amide bonds. The monoisotopic (exact) mass is 396 g/mol. The lowest BCUT2D eigenvalue weighted by atomic mass is 10.2. The molecule has 0 bridgehead atoms. The molecule has 1 aromatic heterocycles. The molecule has 0 aliphatic carbocycles. The molecule has 7 heteroatoms. The lowest BCUT2D eigenvalue weighted by Gasteiger charge is -2.14. The highest BCUT2D eigenvalue weighted by Gasteiger charge is 2.09. The summed E-state index contributed by atoms with van der Waals surface area (Å²) in [6, 6.07) is 7.75. The van der Waals surface area contributed by atoms with E-state index in [9.17, 15) is 14.0 Å². The summed E-state index contributed by atoms with van der Waals surface area (Å²) < 4.78 is 20.9. The lowest BCUT2D eigenvalue weighted by Crippen LogP contribution is -2.28. The van der Waals surface area contributed by atoms with Gasteiger partial charge in [0, 0.05) is 25.9 Å². The number of pyridine rings is 1. The van der Waals surface area contributed by atoms with Gasteiger partial charge in [0.25, 0.3) is 11.5 Å². The number of ether oxygens (including phenoxy) is 1. The van der Waals surface area contributed by atoms with E-state index in [2.05, 4.69) is 15.9 Å². The van der Waals surface area contributed by atoms with E-state index in [1.165, 1.54) is 21.6 Å². The molecule has 24 heavy (non-hydrogen) atoms. The molecule has 5 nitrogen and oxygen atoms in total. The third-order valence-corrected chi connectivity index (χ3v) is 4.14. The predicted octanol–water partition coefficient (Wildman–Crippen LogP) is 2.57. The Hall–Kier alpha value is -2.15. The summed E-state index contributed by atoms with van der Waals surface area (Å²) in [7, 11) is 3.26. The van der Waals surface area contributed by atoms with Crippen LogP contribution in [0.2, 0.25) is 0 Å². The summed E-state index contributed by atoms with van der Waals surface area (Å²) in [5.74, 6) is -0.228. The molecule has 0 radical (unpaired) electrons. The van der Waals surface area contributed by atoms with Crippen LogP contribution < -0.4 is 10.3 Å². The molecular formula is C17H18BrFN2O3. The molecule has 0 aliphatic rings. The van der Waals surface area contributed by atoms with Gasteiger partial charge in [0.05, 0.1) is 11.0 Å². The molecule has 2 rings (SSSR count). The van der Waals surface area contributed by atoms with Crippen LogP contribution in [0.5, 0.6) is 5.75 Å². The zero-order valence-corrected chi connectivity index (χ0v) is 15.3. The first-order valence-electron chi connectivity index (χ1n) is 7.26. The Balaban J connectivity index is 2.19. The van der Waals surface area contributed by atoms with Crippen molar-refractivity contribution in [2.24, 2.45) is 0 Å². The average Bonchev–Trinajstić information content (AvgIpc) is 2.51. The topological polar surface area (TPSA) is 51.5 Å². The SMILES string of the molecule is Cc1cc(OCC(=O)N(C)C)cc(=O)n1Cc1ccc(Br)c(F)c1. The standard InChI is InChI=1S/C17H18BrFN2O3/c1-11-6-13(24-10-17(23)20(2)3)8-16(22)21(11)9-12-4-5-14(18)15(19)7-12/h4-8H,9-10H2,1-3H3. The van der Waals surface area contributed by atoms with E-state index in [0.717, 1.165) is 0 Å². The second kappa shape index (κ2) is 7.61. The molecule has 0 spiro atoms. The number of aromatic nitrogens is 1. The maximum Gasteiger partial charge on any atom is 0.259 e. The van der Waals surface area contributed by atoms with Gasteiger partial charge in [-0.05, 0) is 46.6 Å². The maximum atomic E-state index is 13.6. The maximum absolute atomic E-state index is 13.6. The Morgan fingerprint density at radius 2 is 2.00 bits per heavy atom. The van der Waals surface area contributed by atoms with E-state index in [0.29, 0.717) is 21.5 Å². The number of benzene rings is 1. The molecule has 1 aromatic carbocycles. The fraction of sp³-hybridized carbons (Fsp3) is 0.294. The fourth-order valence-electron chi connectivity index (χ4n) is 2.08. The van der Waals surface area contributed by atoms with Gasteiger partial charge < -0.3 is 14.2 Å². The molecule has 0 aliphatic heterocycles. The second-order valence-corrected chi connectivity index (χ2v) is 6.44.